The van der Waals surface area contributed by atoms with Crippen LogP contribution < -0.4 is 5.32 Å². The smallest absolute Gasteiger partial charge is 0.273 e. The van der Waals surface area contributed by atoms with E-state index in [4.69, 9.17) is 4.74 Å². The third kappa shape index (κ3) is 4.32. The van der Waals surface area contributed by atoms with Crippen molar-refractivity contribution >= 4 is 5.91 Å². The lowest BCUT2D eigenvalue weighted by Crippen LogP contribution is -2.37. The Bertz CT molecular complexity index is 655. The van der Waals surface area contributed by atoms with Gasteiger partial charge in [-0.3, -0.25) is 4.79 Å². The number of benzene rings is 1. The number of amides is 1. The zero-order chi connectivity index (χ0) is 16.8. The van der Waals surface area contributed by atoms with Crippen molar-refractivity contribution in [2.24, 2.45) is 0 Å². The number of nitrogens with zero attached hydrogens (tertiary/aromatic N) is 3. The first-order valence-corrected chi connectivity index (χ1v) is 7.18. The number of ether oxygens (including phenoxy) is 1. The number of rotatable bonds is 7. The SMILES string of the molecule is CC[C@H](COC)NC(=O)c1cn(Cc2c(F)cccc2F)nn1. The van der Waals surface area contributed by atoms with Gasteiger partial charge in [-0.25, -0.2) is 13.5 Å². The maximum atomic E-state index is 13.6. The number of halogens is 2. The average molecular weight is 324 g/mol. The van der Waals surface area contributed by atoms with Gasteiger partial charge in [0.05, 0.1) is 25.4 Å². The lowest BCUT2D eigenvalue weighted by atomic mass is 10.2. The number of hydrogen-bond donors (Lipinski definition) is 1. The average Bonchev–Trinajstić information content (AvgIpc) is 2.99. The van der Waals surface area contributed by atoms with Crippen molar-refractivity contribution in [3.63, 3.8) is 0 Å². The van der Waals surface area contributed by atoms with E-state index in [9.17, 15) is 13.6 Å². The molecule has 0 aliphatic heterocycles. The quantitative estimate of drug-likeness (QED) is 0.842. The molecule has 1 N–H and O–H groups in total. The Morgan fingerprint density at radius 1 is 1.39 bits per heavy atom. The molecule has 0 spiro atoms. The Labute approximate surface area is 132 Å². The van der Waals surface area contributed by atoms with Crippen LogP contribution in [0.1, 0.15) is 29.4 Å². The van der Waals surface area contributed by atoms with Crippen LogP contribution in [-0.4, -0.2) is 40.7 Å². The van der Waals surface area contributed by atoms with Gasteiger partial charge < -0.3 is 10.1 Å². The standard InChI is InChI=1S/C15H18F2N4O2/c1-3-10(9-23-2)18-15(22)14-8-21(20-19-14)7-11-12(16)5-4-6-13(11)17/h4-6,8,10H,3,7,9H2,1-2H3,(H,18,22)/t10-/m1/s1. The van der Waals surface area contributed by atoms with E-state index in [1.807, 2.05) is 6.92 Å². The second-order valence-corrected chi connectivity index (χ2v) is 5.04. The summed E-state index contributed by atoms with van der Waals surface area (Å²) in [6, 6.07) is 3.48. The van der Waals surface area contributed by atoms with Crippen molar-refractivity contribution in [2.75, 3.05) is 13.7 Å². The molecule has 0 aliphatic rings. The van der Waals surface area contributed by atoms with Crippen LogP contribution in [0.4, 0.5) is 8.78 Å². The summed E-state index contributed by atoms with van der Waals surface area (Å²) in [5.74, 6) is -1.75. The van der Waals surface area contributed by atoms with Gasteiger partial charge in [0.2, 0.25) is 0 Å². The van der Waals surface area contributed by atoms with Gasteiger partial charge in [0.1, 0.15) is 11.6 Å². The molecule has 0 aliphatic carbocycles. The Balaban J connectivity index is 2.07. The van der Waals surface area contributed by atoms with Crippen LogP contribution >= 0.6 is 0 Å². The molecular weight excluding hydrogens is 306 g/mol. The largest absolute Gasteiger partial charge is 0.383 e. The maximum Gasteiger partial charge on any atom is 0.273 e. The molecule has 0 bridgehead atoms. The highest BCUT2D eigenvalue weighted by Crippen LogP contribution is 2.13. The van der Waals surface area contributed by atoms with E-state index in [1.54, 1.807) is 7.11 Å². The van der Waals surface area contributed by atoms with Gasteiger partial charge in [-0.15, -0.1) is 5.10 Å². The lowest BCUT2D eigenvalue weighted by molar-refractivity contribution is 0.0889. The number of nitrogens with one attached hydrogen (secondary N) is 1. The molecule has 1 aromatic heterocycles. The number of methoxy groups -OCH3 is 1. The minimum Gasteiger partial charge on any atom is -0.383 e. The molecule has 0 fully saturated rings. The van der Waals surface area contributed by atoms with Crippen LogP contribution in [0.3, 0.4) is 0 Å². The molecule has 0 saturated heterocycles. The summed E-state index contributed by atoms with van der Waals surface area (Å²) in [5.41, 5.74) is -0.0496. The van der Waals surface area contributed by atoms with E-state index >= 15 is 0 Å². The number of aromatic nitrogens is 3. The van der Waals surface area contributed by atoms with Crippen molar-refractivity contribution in [2.45, 2.75) is 25.9 Å². The Hall–Kier alpha value is -2.35. The van der Waals surface area contributed by atoms with Crippen molar-refractivity contribution in [3.8, 4) is 0 Å². The molecule has 23 heavy (non-hydrogen) atoms. The minimum atomic E-state index is -0.669. The fourth-order valence-corrected chi connectivity index (χ4v) is 2.05. The summed E-state index contributed by atoms with van der Waals surface area (Å²) in [6.07, 6.45) is 2.05. The summed E-state index contributed by atoms with van der Waals surface area (Å²) < 4.78 is 33.4. The van der Waals surface area contributed by atoms with Crippen LogP contribution in [0.2, 0.25) is 0 Å². The molecule has 1 amide bonds. The van der Waals surface area contributed by atoms with Crippen molar-refractivity contribution in [3.05, 3.63) is 47.3 Å². The topological polar surface area (TPSA) is 69.0 Å². The van der Waals surface area contributed by atoms with Gasteiger partial charge in [0.25, 0.3) is 5.91 Å². The highest BCUT2D eigenvalue weighted by molar-refractivity contribution is 5.92. The summed E-state index contributed by atoms with van der Waals surface area (Å²) in [6.45, 7) is 2.16. The fraction of sp³-hybridized carbons (Fsp3) is 0.400. The zero-order valence-electron chi connectivity index (χ0n) is 12.9. The predicted octanol–water partition coefficient (Wildman–Crippen LogP) is 1.76. The lowest BCUT2D eigenvalue weighted by Gasteiger charge is -2.14. The second kappa shape index (κ2) is 7.77. The van der Waals surface area contributed by atoms with Crippen LogP contribution in [0.25, 0.3) is 0 Å². The molecule has 0 saturated carbocycles. The number of carbonyl (C=O) groups excluding carboxylic acids is 1. The number of hydrogen-bond acceptors (Lipinski definition) is 4. The normalized spacial score (nSPS) is 12.2. The summed E-state index contributed by atoms with van der Waals surface area (Å²) in [5, 5.41) is 10.2. The molecule has 8 heteroatoms. The van der Waals surface area contributed by atoms with Crippen LogP contribution in [-0.2, 0) is 11.3 Å². The van der Waals surface area contributed by atoms with E-state index in [1.165, 1.54) is 29.1 Å². The van der Waals surface area contributed by atoms with E-state index in [2.05, 4.69) is 15.6 Å². The van der Waals surface area contributed by atoms with Gasteiger partial charge >= 0.3 is 0 Å². The summed E-state index contributed by atoms with van der Waals surface area (Å²) in [4.78, 5) is 12.1. The molecule has 0 radical (unpaired) electrons. The first kappa shape index (κ1) is 17.0. The Morgan fingerprint density at radius 3 is 2.70 bits per heavy atom. The van der Waals surface area contributed by atoms with Crippen LogP contribution in [0.15, 0.2) is 24.4 Å². The van der Waals surface area contributed by atoms with E-state index in [-0.39, 0.29) is 23.8 Å². The van der Waals surface area contributed by atoms with Gasteiger partial charge in [-0.2, -0.15) is 0 Å². The molecule has 2 rings (SSSR count). The maximum absolute atomic E-state index is 13.6. The van der Waals surface area contributed by atoms with E-state index in [0.717, 1.165) is 0 Å². The highest BCUT2D eigenvalue weighted by atomic mass is 19.1. The first-order valence-electron chi connectivity index (χ1n) is 7.18. The molecule has 1 aromatic carbocycles. The molecule has 6 nitrogen and oxygen atoms in total. The second-order valence-electron chi connectivity index (χ2n) is 5.04. The molecule has 0 unspecified atom stereocenters. The predicted molar refractivity (Wildman–Crippen MR) is 78.9 cm³/mol. The van der Waals surface area contributed by atoms with E-state index < -0.39 is 17.5 Å². The van der Waals surface area contributed by atoms with Crippen LogP contribution in [0, 0.1) is 11.6 Å². The van der Waals surface area contributed by atoms with Crippen LogP contribution in [0.5, 0.6) is 0 Å². The monoisotopic (exact) mass is 324 g/mol. The molecule has 1 heterocycles. The zero-order valence-corrected chi connectivity index (χ0v) is 12.9. The van der Waals surface area contributed by atoms with Gasteiger partial charge in [0.15, 0.2) is 5.69 Å². The van der Waals surface area contributed by atoms with Gasteiger partial charge in [-0.05, 0) is 18.6 Å². The third-order valence-corrected chi connectivity index (χ3v) is 3.35. The third-order valence-electron chi connectivity index (χ3n) is 3.35. The van der Waals surface area contributed by atoms with Gasteiger partial charge in [-0.1, -0.05) is 18.2 Å². The summed E-state index contributed by atoms with van der Waals surface area (Å²) in [7, 11) is 1.55. The molecular formula is C15H18F2N4O2. The van der Waals surface area contributed by atoms with Gasteiger partial charge in [0, 0.05) is 12.7 Å². The van der Waals surface area contributed by atoms with Crippen molar-refractivity contribution in [1.29, 1.82) is 0 Å². The Kier molecular flexibility index (Phi) is 5.75. The number of carbonyl (C=O) groups is 1. The van der Waals surface area contributed by atoms with Crippen molar-refractivity contribution in [1.82, 2.24) is 20.3 Å². The molecule has 124 valence electrons. The molecule has 2 aromatic rings. The fourth-order valence-electron chi connectivity index (χ4n) is 2.05. The molecule has 1 atom stereocenters. The van der Waals surface area contributed by atoms with E-state index in [0.29, 0.717) is 13.0 Å². The summed E-state index contributed by atoms with van der Waals surface area (Å²) >= 11 is 0. The first-order chi connectivity index (χ1) is 11.0. The Morgan fingerprint density at radius 2 is 2.09 bits per heavy atom. The minimum absolute atomic E-state index is 0.0799. The van der Waals surface area contributed by atoms with Crippen molar-refractivity contribution < 1.29 is 18.3 Å². The highest BCUT2D eigenvalue weighted by Gasteiger charge is 2.16.